The SMILES string of the molecule is CCn1cc([N+](=O)[O-])c(C(=O)Nc2c(C(N)=O)sc3nc(C(F)(F)F)cc(-c4ccc(F)cc4)c23)n1. The van der Waals surface area contributed by atoms with E-state index in [-0.39, 0.29) is 38.5 Å². The van der Waals surface area contributed by atoms with Gasteiger partial charge in [0, 0.05) is 11.9 Å². The monoisotopic (exact) mass is 522 g/mol. The molecule has 1 aromatic carbocycles. The molecule has 0 bridgehead atoms. The molecule has 36 heavy (non-hydrogen) atoms. The summed E-state index contributed by atoms with van der Waals surface area (Å²) < 4.78 is 55.4. The zero-order valence-electron chi connectivity index (χ0n) is 18.1. The van der Waals surface area contributed by atoms with E-state index in [2.05, 4.69) is 15.4 Å². The number of primary amides is 1. The Morgan fingerprint density at radius 1 is 1.25 bits per heavy atom. The number of carbonyl (C=O) groups is 2. The van der Waals surface area contributed by atoms with Crippen LogP contribution in [0.15, 0.2) is 36.5 Å². The van der Waals surface area contributed by atoms with Gasteiger partial charge in [0.15, 0.2) is 0 Å². The van der Waals surface area contributed by atoms with Crippen LogP contribution < -0.4 is 11.1 Å². The maximum absolute atomic E-state index is 13.6. The molecule has 0 aliphatic heterocycles. The maximum atomic E-state index is 13.6. The molecule has 4 rings (SSSR count). The van der Waals surface area contributed by atoms with Crippen molar-refractivity contribution in [3.8, 4) is 11.1 Å². The number of alkyl halides is 3. The lowest BCUT2D eigenvalue weighted by Crippen LogP contribution is -2.18. The normalized spacial score (nSPS) is 11.6. The van der Waals surface area contributed by atoms with Gasteiger partial charge in [-0.05, 0) is 36.2 Å². The molecule has 3 heterocycles. The van der Waals surface area contributed by atoms with Crippen molar-refractivity contribution < 1.29 is 32.1 Å². The number of halogens is 4. The van der Waals surface area contributed by atoms with Crippen LogP contribution in [0.3, 0.4) is 0 Å². The number of aromatic nitrogens is 3. The first-order valence-corrected chi connectivity index (χ1v) is 10.9. The zero-order chi connectivity index (χ0) is 26.4. The number of fused-ring (bicyclic) bond motifs is 1. The molecule has 0 spiro atoms. The van der Waals surface area contributed by atoms with Crippen LogP contribution in [-0.4, -0.2) is 31.5 Å². The summed E-state index contributed by atoms with van der Waals surface area (Å²) in [6.07, 6.45) is -3.83. The topological polar surface area (TPSA) is 146 Å². The van der Waals surface area contributed by atoms with Gasteiger partial charge in [0.25, 0.3) is 11.8 Å². The van der Waals surface area contributed by atoms with E-state index in [9.17, 15) is 37.3 Å². The summed E-state index contributed by atoms with van der Waals surface area (Å²) in [5.41, 5.74) is 2.63. The summed E-state index contributed by atoms with van der Waals surface area (Å²) in [5, 5.41) is 17.5. The van der Waals surface area contributed by atoms with Gasteiger partial charge in [-0.3, -0.25) is 24.4 Å². The molecule has 15 heteroatoms. The van der Waals surface area contributed by atoms with E-state index in [1.165, 1.54) is 12.1 Å². The Labute approximate surface area is 202 Å². The summed E-state index contributed by atoms with van der Waals surface area (Å²) in [7, 11) is 0. The number of carbonyl (C=O) groups excluding carboxylic acids is 2. The number of aryl methyl sites for hydroxylation is 1. The number of rotatable bonds is 6. The Morgan fingerprint density at radius 2 is 1.92 bits per heavy atom. The third kappa shape index (κ3) is 4.47. The quantitative estimate of drug-likeness (QED) is 0.215. The minimum absolute atomic E-state index is 0.0839. The number of nitro groups is 1. The van der Waals surface area contributed by atoms with Crippen molar-refractivity contribution in [1.82, 2.24) is 14.8 Å². The highest BCUT2D eigenvalue weighted by molar-refractivity contribution is 7.21. The molecule has 0 saturated carbocycles. The fraction of sp³-hybridized carbons (Fsp3) is 0.143. The van der Waals surface area contributed by atoms with E-state index in [1.807, 2.05) is 0 Å². The number of nitrogens with one attached hydrogen (secondary N) is 1. The van der Waals surface area contributed by atoms with E-state index in [0.29, 0.717) is 17.4 Å². The van der Waals surface area contributed by atoms with E-state index in [4.69, 9.17) is 5.73 Å². The molecule has 0 aliphatic carbocycles. The van der Waals surface area contributed by atoms with Crippen molar-refractivity contribution in [3.63, 3.8) is 0 Å². The molecule has 0 fully saturated rings. The molecule has 0 unspecified atom stereocenters. The van der Waals surface area contributed by atoms with Crippen LogP contribution in [0, 0.1) is 15.9 Å². The molecule has 0 saturated heterocycles. The Bertz CT molecular complexity index is 1530. The molecular formula is C21H14F4N6O4S. The van der Waals surface area contributed by atoms with Gasteiger partial charge in [-0.15, -0.1) is 11.3 Å². The average Bonchev–Trinajstić information content (AvgIpc) is 3.41. The van der Waals surface area contributed by atoms with Crippen molar-refractivity contribution in [2.24, 2.45) is 5.73 Å². The number of hydrogen-bond acceptors (Lipinski definition) is 7. The van der Waals surface area contributed by atoms with Crippen molar-refractivity contribution in [2.75, 3.05) is 5.32 Å². The van der Waals surface area contributed by atoms with Gasteiger partial charge in [-0.2, -0.15) is 18.3 Å². The molecule has 0 radical (unpaired) electrons. The van der Waals surface area contributed by atoms with Crippen LogP contribution in [0.2, 0.25) is 0 Å². The number of benzene rings is 1. The number of anilines is 1. The molecule has 3 N–H and O–H groups in total. The zero-order valence-corrected chi connectivity index (χ0v) is 18.9. The number of pyridine rings is 1. The van der Waals surface area contributed by atoms with Gasteiger partial charge in [0.1, 0.15) is 27.4 Å². The lowest BCUT2D eigenvalue weighted by molar-refractivity contribution is -0.385. The highest BCUT2D eigenvalue weighted by Crippen LogP contribution is 2.44. The molecule has 0 aliphatic rings. The Morgan fingerprint density at radius 3 is 2.47 bits per heavy atom. The summed E-state index contributed by atoms with van der Waals surface area (Å²) in [4.78, 5) is 38.7. The third-order valence-corrected chi connectivity index (χ3v) is 6.15. The van der Waals surface area contributed by atoms with Crippen molar-refractivity contribution in [2.45, 2.75) is 19.6 Å². The van der Waals surface area contributed by atoms with Crippen LogP contribution >= 0.6 is 11.3 Å². The number of hydrogen-bond donors (Lipinski definition) is 2. The molecule has 0 atom stereocenters. The standard InChI is InChI=1S/C21H14F4N6O4S/c1-2-30-8-12(31(34)35)15(29-30)19(33)28-16-14-11(9-3-5-10(22)6-4-9)7-13(21(23,24)25)27-20(14)36-17(16)18(26)32/h3-8H,2H2,1H3,(H2,26,32)(H,28,33). The van der Waals surface area contributed by atoms with Gasteiger partial charge in [-0.25, -0.2) is 9.37 Å². The predicted octanol–water partition coefficient (Wildman–Crippen LogP) is 4.60. The van der Waals surface area contributed by atoms with E-state index in [1.54, 1.807) is 6.92 Å². The van der Waals surface area contributed by atoms with Gasteiger partial charge in [0.2, 0.25) is 5.69 Å². The fourth-order valence-corrected chi connectivity index (χ4v) is 4.44. The second-order valence-electron chi connectivity index (χ2n) is 7.34. The third-order valence-electron chi connectivity index (χ3n) is 5.05. The van der Waals surface area contributed by atoms with Gasteiger partial charge < -0.3 is 11.1 Å². The molecular weight excluding hydrogens is 508 g/mol. The van der Waals surface area contributed by atoms with Gasteiger partial charge in [0.05, 0.1) is 10.6 Å². The van der Waals surface area contributed by atoms with E-state index < -0.39 is 45.8 Å². The summed E-state index contributed by atoms with van der Waals surface area (Å²) in [6, 6.07) is 5.16. The Balaban J connectivity index is 1.97. The summed E-state index contributed by atoms with van der Waals surface area (Å²) in [5.74, 6) is -2.82. The van der Waals surface area contributed by atoms with Crippen LogP contribution in [0.25, 0.3) is 21.3 Å². The highest BCUT2D eigenvalue weighted by Gasteiger charge is 2.35. The lowest BCUT2D eigenvalue weighted by Gasteiger charge is -2.12. The first-order chi connectivity index (χ1) is 16.9. The van der Waals surface area contributed by atoms with E-state index >= 15 is 0 Å². The molecule has 186 valence electrons. The fourth-order valence-electron chi connectivity index (χ4n) is 3.43. The highest BCUT2D eigenvalue weighted by atomic mass is 32.1. The second kappa shape index (κ2) is 8.99. The Hall–Kier alpha value is -4.40. The number of nitrogens with zero attached hydrogens (tertiary/aromatic N) is 4. The lowest BCUT2D eigenvalue weighted by atomic mass is 10.0. The number of thiophene rings is 1. The summed E-state index contributed by atoms with van der Waals surface area (Å²) in [6.45, 7) is 1.84. The molecule has 3 aromatic heterocycles. The van der Waals surface area contributed by atoms with Crippen molar-refractivity contribution >= 4 is 44.7 Å². The molecule has 4 aromatic rings. The van der Waals surface area contributed by atoms with E-state index in [0.717, 1.165) is 23.0 Å². The van der Waals surface area contributed by atoms with Crippen LogP contribution in [0.5, 0.6) is 0 Å². The molecule has 10 nitrogen and oxygen atoms in total. The van der Waals surface area contributed by atoms with Crippen LogP contribution in [0.1, 0.15) is 32.8 Å². The van der Waals surface area contributed by atoms with Crippen LogP contribution in [-0.2, 0) is 12.7 Å². The first-order valence-electron chi connectivity index (χ1n) is 10.0. The number of nitrogens with two attached hydrogens (primary N) is 1. The van der Waals surface area contributed by atoms with Gasteiger partial charge >= 0.3 is 11.9 Å². The van der Waals surface area contributed by atoms with Crippen molar-refractivity contribution in [3.05, 3.63) is 68.7 Å². The largest absolute Gasteiger partial charge is 0.433 e. The molecule has 2 amide bonds. The summed E-state index contributed by atoms with van der Waals surface area (Å²) >= 11 is 0.498. The second-order valence-corrected chi connectivity index (χ2v) is 8.34. The minimum atomic E-state index is -4.86. The maximum Gasteiger partial charge on any atom is 0.433 e. The minimum Gasteiger partial charge on any atom is -0.365 e. The van der Waals surface area contributed by atoms with Crippen LogP contribution in [0.4, 0.5) is 28.9 Å². The predicted molar refractivity (Wildman–Crippen MR) is 121 cm³/mol. The number of amides is 2. The van der Waals surface area contributed by atoms with Crippen molar-refractivity contribution in [1.29, 1.82) is 0 Å². The average molecular weight is 522 g/mol. The smallest absolute Gasteiger partial charge is 0.365 e. The first kappa shape index (κ1) is 24.7. The Kier molecular flexibility index (Phi) is 6.17. The van der Waals surface area contributed by atoms with Gasteiger partial charge in [-0.1, -0.05) is 12.1 Å².